The summed E-state index contributed by atoms with van der Waals surface area (Å²) >= 11 is 0. The first-order valence-electron chi connectivity index (χ1n) is 5.77. The van der Waals surface area contributed by atoms with Crippen molar-refractivity contribution in [3.05, 3.63) is 0 Å². The number of rotatable bonds is 4. The largest absolute Gasteiger partial charge is 0.302 e. The fraction of sp³-hybridized carbons (Fsp3) is 1.00. The van der Waals surface area contributed by atoms with E-state index < -0.39 is 0 Å². The van der Waals surface area contributed by atoms with Crippen LogP contribution in [0.1, 0.15) is 33.6 Å². The van der Waals surface area contributed by atoms with Crippen molar-refractivity contribution < 1.29 is 0 Å². The van der Waals surface area contributed by atoms with Gasteiger partial charge in [-0.25, -0.2) is 0 Å². The summed E-state index contributed by atoms with van der Waals surface area (Å²) in [6.07, 6.45) is 3.42. The van der Waals surface area contributed by atoms with Crippen molar-refractivity contribution in [2.24, 2.45) is 11.8 Å². The molecule has 2 nitrogen and oxygen atoms in total. The lowest BCUT2D eigenvalue weighted by Crippen LogP contribution is -2.47. The predicted molar refractivity (Wildman–Crippen MR) is 55.5 cm³/mol. The van der Waals surface area contributed by atoms with Gasteiger partial charge >= 0.3 is 0 Å². The van der Waals surface area contributed by atoms with Crippen molar-refractivity contribution >= 4 is 0 Å². The maximum absolute atomic E-state index is 3.52. The van der Waals surface area contributed by atoms with Gasteiger partial charge in [0.1, 0.15) is 0 Å². The predicted octanol–water partition coefficient (Wildman–Crippen LogP) is 1.67. The molecule has 13 heavy (non-hydrogen) atoms. The minimum atomic E-state index is 0.586. The van der Waals surface area contributed by atoms with Crippen molar-refractivity contribution in [2.75, 3.05) is 13.1 Å². The number of likely N-dealkylation sites (tertiary alicyclic amines) is 1. The van der Waals surface area contributed by atoms with Gasteiger partial charge in [0.05, 0.1) is 6.17 Å². The highest BCUT2D eigenvalue weighted by Gasteiger charge is 2.52. The molecule has 0 aromatic carbocycles. The molecule has 4 atom stereocenters. The highest BCUT2D eigenvalue weighted by atomic mass is 15.3. The van der Waals surface area contributed by atoms with E-state index >= 15 is 0 Å². The Labute approximate surface area is 81.7 Å². The zero-order valence-corrected chi connectivity index (χ0v) is 9.09. The second kappa shape index (κ2) is 3.58. The average molecular weight is 182 g/mol. The summed E-state index contributed by atoms with van der Waals surface area (Å²) < 4.78 is 0. The molecule has 2 aliphatic rings. The van der Waals surface area contributed by atoms with Crippen LogP contribution in [0.5, 0.6) is 0 Å². The molecule has 0 bridgehead atoms. The molecule has 1 N–H and O–H groups in total. The summed E-state index contributed by atoms with van der Waals surface area (Å²) in [6, 6.07) is 0.874. The van der Waals surface area contributed by atoms with E-state index in [-0.39, 0.29) is 0 Å². The van der Waals surface area contributed by atoms with Crippen LogP contribution in [0.3, 0.4) is 0 Å². The van der Waals surface area contributed by atoms with Crippen LogP contribution in [-0.2, 0) is 0 Å². The third-order valence-electron chi connectivity index (χ3n) is 3.76. The second-order valence-corrected chi connectivity index (χ2v) is 4.57. The number of fused-ring (bicyclic) bond motifs is 1. The Morgan fingerprint density at radius 1 is 1.46 bits per heavy atom. The third-order valence-corrected chi connectivity index (χ3v) is 3.76. The third kappa shape index (κ3) is 1.62. The number of hydrogen-bond donors (Lipinski definition) is 1. The minimum absolute atomic E-state index is 0.586. The molecule has 1 saturated heterocycles. The van der Waals surface area contributed by atoms with Crippen molar-refractivity contribution in [1.29, 1.82) is 0 Å². The zero-order valence-electron chi connectivity index (χ0n) is 9.09. The van der Waals surface area contributed by atoms with Gasteiger partial charge in [-0.2, -0.15) is 0 Å². The van der Waals surface area contributed by atoms with E-state index in [0.29, 0.717) is 6.17 Å². The Balaban J connectivity index is 1.91. The number of hydrogen-bond acceptors (Lipinski definition) is 2. The smallest absolute Gasteiger partial charge is 0.0570 e. The molecule has 0 aromatic heterocycles. The van der Waals surface area contributed by atoms with E-state index in [1.54, 1.807) is 0 Å². The fourth-order valence-electron chi connectivity index (χ4n) is 3.00. The molecule has 1 heterocycles. The number of piperidine rings is 1. The fourth-order valence-corrected chi connectivity index (χ4v) is 3.00. The van der Waals surface area contributed by atoms with Crippen LogP contribution in [0.15, 0.2) is 0 Å². The van der Waals surface area contributed by atoms with Crippen LogP contribution in [0, 0.1) is 11.8 Å². The highest BCUT2D eigenvalue weighted by Crippen LogP contribution is 2.50. The van der Waals surface area contributed by atoms with E-state index in [2.05, 4.69) is 31.0 Å². The molecule has 2 heteroatoms. The first kappa shape index (κ1) is 9.47. The monoisotopic (exact) mass is 182 g/mol. The van der Waals surface area contributed by atoms with Crippen molar-refractivity contribution in [1.82, 2.24) is 10.2 Å². The molecule has 2 unspecified atom stereocenters. The van der Waals surface area contributed by atoms with E-state index in [1.165, 1.54) is 19.4 Å². The van der Waals surface area contributed by atoms with Gasteiger partial charge in [0.2, 0.25) is 0 Å². The molecule has 0 radical (unpaired) electrons. The first-order valence-corrected chi connectivity index (χ1v) is 5.77. The highest BCUT2D eigenvalue weighted by molar-refractivity contribution is 5.04. The number of nitrogens with one attached hydrogen (secondary N) is 1. The summed E-state index contributed by atoms with van der Waals surface area (Å²) in [5.41, 5.74) is 0. The van der Waals surface area contributed by atoms with Crippen LogP contribution >= 0.6 is 0 Å². The lowest BCUT2D eigenvalue weighted by Gasteiger charge is -2.32. The molecule has 1 aliphatic carbocycles. The van der Waals surface area contributed by atoms with Crippen LogP contribution < -0.4 is 5.32 Å². The van der Waals surface area contributed by atoms with Gasteiger partial charge in [0.15, 0.2) is 0 Å². The Morgan fingerprint density at radius 3 is 2.85 bits per heavy atom. The second-order valence-electron chi connectivity index (χ2n) is 4.57. The quantitative estimate of drug-likeness (QED) is 0.711. The standard InChI is InChI=1S/C11H22N2/c1-4-11-10-6-9(10)7-13(11)8(3)12-5-2/h8-12H,4-7H2,1-3H3/t8?,9-,10-,11?/m1/s1. The Kier molecular flexibility index (Phi) is 2.61. The summed E-state index contributed by atoms with van der Waals surface area (Å²) in [4.78, 5) is 2.67. The lowest BCUT2D eigenvalue weighted by molar-refractivity contribution is 0.137. The molecular formula is C11H22N2. The van der Waals surface area contributed by atoms with E-state index in [9.17, 15) is 0 Å². The zero-order chi connectivity index (χ0) is 9.42. The Morgan fingerprint density at radius 2 is 2.23 bits per heavy atom. The molecule has 2 fully saturated rings. The molecule has 2 rings (SSSR count). The van der Waals surface area contributed by atoms with Gasteiger partial charge in [-0.05, 0) is 38.1 Å². The van der Waals surface area contributed by atoms with Crippen LogP contribution in [0.2, 0.25) is 0 Å². The van der Waals surface area contributed by atoms with Crippen LogP contribution in [0.4, 0.5) is 0 Å². The first-order chi connectivity index (χ1) is 6.27. The van der Waals surface area contributed by atoms with Crippen molar-refractivity contribution in [3.63, 3.8) is 0 Å². The maximum atomic E-state index is 3.52. The molecule has 0 spiro atoms. The molecular weight excluding hydrogens is 160 g/mol. The van der Waals surface area contributed by atoms with E-state index in [0.717, 1.165) is 24.4 Å². The molecule has 1 saturated carbocycles. The van der Waals surface area contributed by atoms with E-state index in [1.807, 2.05) is 0 Å². The molecule has 0 amide bonds. The Hall–Kier alpha value is -0.0800. The van der Waals surface area contributed by atoms with E-state index in [4.69, 9.17) is 0 Å². The maximum Gasteiger partial charge on any atom is 0.0570 e. The lowest BCUT2D eigenvalue weighted by atomic mass is 10.1. The Bertz CT molecular complexity index is 181. The molecule has 76 valence electrons. The van der Waals surface area contributed by atoms with Gasteiger partial charge in [-0.1, -0.05) is 13.8 Å². The molecule has 0 aromatic rings. The van der Waals surface area contributed by atoms with Crippen LogP contribution in [-0.4, -0.2) is 30.2 Å². The minimum Gasteiger partial charge on any atom is -0.302 e. The summed E-state index contributed by atoms with van der Waals surface area (Å²) in [7, 11) is 0. The normalized spacial score (nSPS) is 40.4. The van der Waals surface area contributed by atoms with Gasteiger partial charge in [-0.3, -0.25) is 4.90 Å². The SMILES string of the molecule is CCNC(C)N1C[C@H]2C[C@H]2C1CC. The summed E-state index contributed by atoms with van der Waals surface area (Å²) in [5.74, 6) is 2.09. The molecule has 1 aliphatic heterocycles. The summed E-state index contributed by atoms with van der Waals surface area (Å²) in [5, 5.41) is 3.52. The van der Waals surface area contributed by atoms with Gasteiger partial charge in [0.25, 0.3) is 0 Å². The number of nitrogens with zero attached hydrogens (tertiary/aromatic N) is 1. The average Bonchev–Trinajstić information content (AvgIpc) is 2.78. The topological polar surface area (TPSA) is 15.3 Å². The van der Waals surface area contributed by atoms with Gasteiger partial charge < -0.3 is 5.32 Å². The van der Waals surface area contributed by atoms with Crippen molar-refractivity contribution in [3.8, 4) is 0 Å². The van der Waals surface area contributed by atoms with Gasteiger partial charge in [-0.15, -0.1) is 0 Å². The van der Waals surface area contributed by atoms with Gasteiger partial charge in [0, 0.05) is 12.6 Å². The van der Waals surface area contributed by atoms with Crippen LogP contribution in [0.25, 0.3) is 0 Å². The summed E-state index contributed by atoms with van der Waals surface area (Å²) in [6.45, 7) is 9.25. The van der Waals surface area contributed by atoms with Crippen molar-refractivity contribution in [2.45, 2.75) is 45.8 Å².